The largest absolute Gasteiger partial charge is 0.329 e. The molecule has 4 rings (SSSR count). The first-order chi connectivity index (χ1) is 14.0. The van der Waals surface area contributed by atoms with Crippen LogP contribution in [0.3, 0.4) is 0 Å². The van der Waals surface area contributed by atoms with Crippen molar-refractivity contribution in [2.45, 2.75) is 38.4 Å². The number of carbonyl (C=O) groups excluding carboxylic acids is 3. The summed E-state index contributed by atoms with van der Waals surface area (Å²) in [6.07, 6.45) is 1.96. The fourth-order valence-corrected chi connectivity index (χ4v) is 4.66. The summed E-state index contributed by atoms with van der Waals surface area (Å²) >= 11 is 7.39. The zero-order valence-corrected chi connectivity index (χ0v) is 17.6. The van der Waals surface area contributed by atoms with E-state index in [-0.39, 0.29) is 41.4 Å². The molecule has 1 heterocycles. The van der Waals surface area contributed by atoms with E-state index in [0.29, 0.717) is 10.6 Å². The molecule has 2 aliphatic rings. The van der Waals surface area contributed by atoms with E-state index in [0.717, 1.165) is 35.7 Å². The molecule has 5 nitrogen and oxygen atoms in total. The van der Waals surface area contributed by atoms with Crippen molar-refractivity contribution in [2.24, 2.45) is 0 Å². The van der Waals surface area contributed by atoms with Gasteiger partial charge in [0.15, 0.2) is 0 Å². The lowest BCUT2D eigenvalue weighted by Gasteiger charge is -2.30. The summed E-state index contributed by atoms with van der Waals surface area (Å²) in [4.78, 5) is 40.3. The highest BCUT2D eigenvalue weighted by Crippen LogP contribution is 2.37. The fraction of sp³-hybridized carbons (Fsp3) is 0.318. The zero-order valence-electron chi connectivity index (χ0n) is 16.0. The third kappa shape index (κ3) is 4.19. The van der Waals surface area contributed by atoms with Crippen LogP contribution in [0.4, 0.5) is 4.79 Å². The Hall–Kier alpha value is -2.31. The highest BCUT2D eigenvalue weighted by molar-refractivity contribution is 8.14. The van der Waals surface area contributed by atoms with Gasteiger partial charge in [-0.05, 0) is 49.1 Å². The minimum atomic E-state index is -0.237. The molecule has 1 aliphatic heterocycles. The normalized spacial score (nSPS) is 17.5. The molecule has 1 unspecified atom stereocenters. The van der Waals surface area contributed by atoms with E-state index >= 15 is 0 Å². The Morgan fingerprint density at radius 3 is 2.62 bits per heavy atom. The number of carbonyl (C=O) groups is 3. The number of thioether (sulfide) groups is 1. The minimum absolute atomic E-state index is 0.0600. The van der Waals surface area contributed by atoms with Gasteiger partial charge in [-0.15, -0.1) is 0 Å². The van der Waals surface area contributed by atoms with Crippen LogP contribution in [0.2, 0.25) is 5.02 Å². The molecule has 2 fully saturated rings. The van der Waals surface area contributed by atoms with Crippen molar-refractivity contribution >= 4 is 40.4 Å². The fourth-order valence-electron chi connectivity index (χ4n) is 3.64. The molecule has 3 amide bonds. The lowest BCUT2D eigenvalue weighted by Crippen LogP contribution is -2.36. The lowest BCUT2D eigenvalue weighted by molar-refractivity contribution is -0.125. The Morgan fingerprint density at radius 2 is 1.97 bits per heavy atom. The molecular formula is C22H21ClN2O3S. The van der Waals surface area contributed by atoms with Crippen LogP contribution < -0.4 is 0 Å². The molecule has 1 saturated heterocycles. The maximum absolute atomic E-state index is 13.4. The molecule has 0 radical (unpaired) electrons. The Morgan fingerprint density at radius 1 is 1.21 bits per heavy atom. The summed E-state index contributed by atoms with van der Waals surface area (Å²) in [7, 11) is 0. The van der Waals surface area contributed by atoms with Crippen molar-refractivity contribution in [3.8, 4) is 0 Å². The summed E-state index contributed by atoms with van der Waals surface area (Å²) < 4.78 is 0. The molecule has 0 N–H and O–H groups in total. The first-order valence-corrected chi connectivity index (χ1v) is 10.9. The summed E-state index contributed by atoms with van der Waals surface area (Å²) in [5.41, 5.74) is 2.25. The van der Waals surface area contributed by atoms with Gasteiger partial charge in [0.05, 0.1) is 18.3 Å². The molecule has 1 atom stereocenters. The predicted molar refractivity (Wildman–Crippen MR) is 114 cm³/mol. The minimum Gasteiger partial charge on any atom is -0.329 e. The first kappa shape index (κ1) is 20.0. The third-order valence-corrected chi connectivity index (χ3v) is 6.51. The third-order valence-electron chi connectivity index (χ3n) is 5.30. The molecule has 0 bridgehead atoms. The molecule has 2 aromatic carbocycles. The molecule has 1 saturated carbocycles. The summed E-state index contributed by atoms with van der Waals surface area (Å²) in [5.74, 6) is -0.0682. The molecule has 7 heteroatoms. The Labute approximate surface area is 179 Å². The van der Waals surface area contributed by atoms with Gasteiger partial charge < -0.3 is 4.90 Å². The number of imide groups is 1. The van der Waals surface area contributed by atoms with Gasteiger partial charge in [0.2, 0.25) is 5.91 Å². The van der Waals surface area contributed by atoms with Gasteiger partial charge in [0.1, 0.15) is 0 Å². The average molecular weight is 429 g/mol. The highest BCUT2D eigenvalue weighted by atomic mass is 35.5. The maximum Gasteiger partial charge on any atom is 0.289 e. The van der Waals surface area contributed by atoms with Gasteiger partial charge in [0.25, 0.3) is 11.1 Å². The Bertz CT molecular complexity index is 960. The van der Waals surface area contributed by atoms with Crippen LogP contribution in [0.15, 0.2) is 48.5 Å². The van der Waals surface area contributed by atoms with Crippen molar-refractivity contribution in [3.63, 3.8) is 0 Å². The standard InChI is InChI=1S/C22H21ClN2O3S/c1-14(18-7-2-3-8-19(18)23)25(17-9-10-17)21(27)16-6-4-5-15(11-16)12-24-20(26)13-29-22(24)28/h2-8,11,14,17H,9-10,12-13H2,1H3. The Kier molecular flexibility index (Phi) is 5.65. The second-order valence-corrected chi connectivity index (χ2v) is 8.71. The van der Waals surface area contributed by atoms with Crippen LogP contribution in [0.1, 0.15) is 47.3 Å². The molecule has 150 valence electrons. The average Bonchev–Trinajstić information content (AvgIpc) is 3.50. The molecule has 0 aromatic heterocycles. The highest BCUT2D eigenvalue weighted by Gasteiger charge is 2.37. The zero-order chi connectivity index (χ0) is 20.5. The van der Waals surface area contributed by atoms with Crippen molar-refractivity contribution in [2.75, 3.05) is 5.75 Å². The predicted octanol–water partition coefficient (Wildman–Crippen LogP) is 4.90. The van der Waals surface area contributed by atoms with E-state index < -0.39 is 0 Å². The van der Waals surface area contributed by atoms with Gasteiger partial charge in [0, 0.05) is 16.6 Å². The van der Waals surface area contributed by atoms with E-state index in [9.17, 15) is 14.4 Å². The number of hydrogen-bond acceptors (Lipinski definition) is 4. The molecule has 1 aliphatic carbocycles. The number of amides is 3. The van der Waals surface area contributed by atoms with Gasteiger partial charge in [-0.1, -0.05) is 53.7 Å². The smallest absolute Gasteiger partial charge is 0.289 e. The monoisotopic (exact) mass is 428 g/mol. The van der Waals surface area contributed by atoms with E-state index in [4.69, 9.17) is 11.6 Å². The van der Waals surface area contributed by atoms with Crippen molar-refractivity contribution in [1.29, 1.82) is 0 Å². The molecule has 2 aromatic rings. The first-order valence-electron chi connectivity index (χ1n) is 9.59. The maximum atomic E-state index is 13.4. The van der Waals surface area contributed by atoms with E-state index in [2.05, 4.69) is 0 Å². The quantitative estimate of drug-likeness (QED) is 0.656. The van der Waals surface area contributed by atoms with Crippen LogP contribution in [0, 0.1) is 0 Å². The van der Waals surface area contributed by atoms with Gasteiger partial charge in [-0.3, -0.25) is 19.3 Å². The number of benzene rings is 2. The van der Waals surface area contributed by atoms with Crippen LogP contribution in [-0.2, 0) is 11.3 Å². The van der Waals surface area contributed by atoms with Crippen LogP contribution in [-0.4, -0.2) is 38.6 Å². The van der Waals surface area contributed by atoms with Gasteiger partial charge >= 0.3 is 0 Å². The molecule has 29 heavy (non-hydrogen) atoms. The van der Waals surface area contributed by atoms with Crippen LogP contribution in [0.5, 0.6) is 0 Å². The van der Waals surface area contributed by atoms with Crippen molar-refractivity contribution in [3.05, 3.63) is 70.2 Å². The molecular weight excluding hydrogens is 408 g/mol. The number of halogens is 1. The van der Waals surface area contributed by atoms with Crippen LogP contribution in [0.25, 0.3) is 0 Å². The second kappa shape index (κ2) is 8.20. The Balaban J connectivity index is 1.58. The number of nitrogens with zero attached hydrogens (tertiary/aromatic N) is 2. The topological polar surface area (TPSA) is 57.7 Å². The summed E-state index contributed by atoms with van der Waals surface area (Å²) in [6, 6.07) is 14.8. The van der Waals surface area contributed by atoms with Gasteiger partial charge in [-0.2, -0.15) is 0 Å². The van der Waals surface area contributed by atoms with E-state index in [1.165, 1.54) is 4.90 Å². The number of rotatable bonds is 6. The second-order valence-electron chi connectivity index (χ2n) is 7.38. The summed E-state index contributed by atoms with van der Waals surface area (Å²) in [5, 5.41) is 0.412. The lowest BCUT2D eigenvalue weighted by atomic mass is 10.0. The van der Waals surface area contributed by atoms with Crippen molar-refractivity contribution < 1.29 is 14.4 Å². The number of hydrogen-bond donors (Lipinski definition) is 0. The molecule has 0 spiro atoms. The van der Waals surface area contributed by atoms with E-state index in [1.54, 1.807) is 18.2 Å². The SMILES string of the molecule is CC(c1ccccc1Cl)N(C(=O)c1cccc(CN2C(=O)CSC2=O)c1)C1CC1. The van der Waals surface area contributed by atoms with Crippen molar-refractivity contribution in [1.82, 2.24) is 9.80 Å². The summed E-state index contributed by atoms with van der Waals surface area (Å²) in [6.45, 7) is 2.19. The van der Waals surface area contributed by atoms with Gasteiger partial charge in [-0.25, -0.2) is 0 Å². The van der Waals surface area contributed by atoms with Crippen LogP contribution >= 0.6 is 23.4 Å². The van der Waals surface area contributed by atoms with E-state index in [1.807, 2.05) is 42.2 Å².